The molecule has 6 heteroatoms. The van der Waals surface area contributed by atoms with Gasteiger partial charge in [-0.1, -0.05) is 25.1 Å². The molecular formula is C15H20FNO3S. The van der Waals surface area contributed by atoms with Crippen LogP contribution in [0.1, 0.15) is 19.4 Å². The monoisotopic (exact) mass is 313 g/mol. The van der Waals surface area contributed by atoms with Gasteiger partial charge < -0.3 is 4.90 Å². The van der Waals surface area contributed by atoms with E-state index in [2.05, 4.69) is 6.58 Å². The van der Waals surface area contributed by atoms with E-state index < -0.39 is 21.0 Å². The minimum atomic E-state index is -3.45. The number of amides is 1. The summed E-state index contributed by atoms with van der Waals surface area (Å²) < 4.78 is 36.5. The van der Waals surface area contributed by atoms with Crippen molar-refractivity contribution < 1.29 is 17.6 Å². The van der Waals surface area contributed by atoms with E-state index in [0.717, 1.165) is 5.56 Å². The maximum Gasteiger partial charge on any atom is 0.241 e. The highest BCUT2D eigenvalue weighted by atomic mass is 32.2. The summed E-state index contributed by atoms with van der Waals surface area (Å²) in [4.78, 5) is 13.7. The van der Waals surface area contributed by atoms with E-state index in [-0.39, 0.29) is 24.7 Å². The number of nitrogens with zero attached hydrogens (tertiary/aromatic N) is 1. The average Bonchev–Trinajstić information content (AvgIpc) is 2.47. The Morgan fingerprint density at radius 2 is 1.95 bits per heavy atom. The van der Waals surface area contributed by atoms with Gasteiger partial charge in [0.05, 0.1) is 0 Å². The molecular weight excluding hydrogens is 293 g/mol. The first kappa shape index (κ1) is 17.4. The van der Waals surface area contributed by atoms with Crippen LogP contribution >= 0.6 is 0 Å². The number of carbonyl (C=O) groups excluding carboxylic acids is 1. The molecule has 0 aliphatic heterocycles. The average molecular weight is 313 g/mol. The zero-order valence-corrected chi connectivity index (χ0v) is 13.1. The van der Waals surface area contributed by atoms with Crippen LogP contribution in [0.5, 0.6) is 0 Å². The van der Waals surface area contributed by atoms with Gasteiger partial charge in [0.1, 0.15) is 11.1 Å². The summed E-state index contributed by atoms with van der Waals surface area (Å²) in [5, 5.41) is -1.09. The van der Waals surface area contributed by atoms with Gasteiger partial charge in [0.25, 0.3) is 0 Å². The Balaban J connectivity index is 2.93. The molecule has 1 aromatic rings. The standard InChI is InChI=1S/C15H20FNO3S/c1-4-10-17(11-13-6-8-14(16)9-7-13)15(18)12(3)21(19,20)5-2/h4,6-9,12H,1,5,10-11H2,2-3H3. The fraction of sp³-hybridized carbons (Fsp3) is 0.400. The van der Waals surface area contributed by atoms with E-state index in [9.17, 15) is 17.6 Å². The van der Waals surface area contributed by atoms with Gasteiger partial charge in [-0.25, -0.2) is 12.8 Å². The first-order chi connectivity index (χ1) is 9.81. The Morgan fingerprint density at radius 1 is 1.38 bits per heavy atom. The summed E-state index contributed by atoms with van der Waals surface area (Å²) in [5.74, 6) is -0.915. The maximum atomic E-state index is 12.9. The van der Waals surface area contributed by atoms with Crippen LogP contribution in [-0.4, -0.2) is 36.8 Å². The summed E-state index contributed by atoms with van der Waals surface area (Å²) >= 11 is 0. The summed E-state index contributed by atoms with van der Waals surface area (Å²) in [5.41, 5.74) is 0.729. The van der Waals surface area contributed by atoms with Gasteiger partial charge in [-0.05, 0) is 24.6 Å². The van der Waals surface area contributed by atoms with Crippen LogP contribution < -0.4 is 0 Å². The highest BCUT2D eigenvalue weighted by Gasteiger charge is 2.29. The van der Waals surface area contributed by atoms with Crippen molar-refractivity contribution in [2.45, 2.75) is 25.6 Å². The minimum Gasteiger partial charge on any atom is -0.334 e. The van der Waals surface area contributed by atoms with E-state index in [1.165, 1.54) is 37.0 Å². The van der Waals surface area contributed by atoms with Crippen LogP contribution in [0, 0.1) is 5.82 Å². The van der Waals surface area contributed by atoms with Gasteiger partial charge in [0, 0.05) is 18.8 Å². The lowest BCUT2D eigenvalue weighted by atomic mass is 10.2. The highest BCUT2D eigenvalue weighted by molar-refractivity contribution is 7.92. The first-order valence-electron chi connectivity index (χ1n) is 6.67. The fourth-order valence-electron chi connectivity index (χ4n) is 1.86. The van der Waals surface area contributed by atoms with Crippen LogP contribution in [0.15, 0.2) is 36.9 Å². The molecule has 0 saturated heterocycles. The van der Waals surface area contributed by atoms with Gasteiger partial charge in [-0.15, -0.1) is 6.58 Å². The topological polar surface area (TPSA) is 54.5 Å². The van der Waals surface area contributed by atoms with Crippen molar-refractivity contribution in [1.82, 2.24) is 4.90 Å². The molecule has 0 fully saturated rings. The molecule has 0 heterocycles. The zero-order chi connectivity index (χ0) is 16.0. The number of hydrogen-bond acceptors (Lipinski definition) is 3. The van der Waals surface area contributed by atoms with Crippen LogP contribution in [0.2, 0.25) is 0 Å². The predicted molar refractivity (Wildman–Crippen MR) is 80.9 cm³/mol. The molecule has 1 amide bonds. The molecule has 0 aliphatic rings. The van der Waals surface area contributed by atoms with Crippen molar-refractivity contribution in [3.8, 4) is 0 Å². The number of carbonyl (C=O) groups is 1. The van der Waals surface area contributed by atoms with Gasteiger partial charge in [-0.3, -0.25) is 4.79 Å². The quantitative estimate of drug-likeness (QED) is 0.725. The normalized spacial score (nSPS) is 12.7. The van der Waals surface area contributed by atoms with Crippen LogP contribution in [-0.2, 0) is 21.2 Å². The Morgan fingerprint density at radius 3 is 2.43 bits per heavy atom. The third-order valence-corrected chi connectivity index (χ3v) is 5.32. The molecule has 1 aromatic carbocycles. The molecule has 21 heavy (non-hydrogen) atoms. The molecule has 1 rings (SSSR count). The summed E-state index contributed by atoms with van der Waals surface area (Å²) in [6.07, 6.45) is 1.53. The molecule has 0 aliphatic carbocycles. The summed E-state index contributed by atoms with van der Waals surface area (Å²) in [6.45, 7) is 6.93. The largest absolute Gasteiger partial charge is 0.334 e. The maximum absolute atomic E-state index is 12.9. The fourth-order valence-corrected chi connectivity index (χ4v) is 2.82. The van der Waals surface area contributed by atoms with Crippen molar-refractivity contribution >= 4 is 15.7 Å². The van der Waals surface area contributed by atoms with Crippen molar-refractivity contribution in [3.63, 3.8) is 0 Å². The van der Waals surface area contributed by atoms with E-state index in [4.69, 9.17) is 0 Å². The van der Waals surface area contributed by atoms with E-state index in [1.54, 1.807) is 12.1 Å². The smallest absolute Gasteiger partial charge is 0.241 e. The van der Waals surface area contributed by atoms with Gasteiger partial charge in [-0.2, -0.15) is 0 Å². The van der Waals surface area contributed by atoms with Crippen molar-refractivity contribution in [2.75, 3.05) is 12.3 Å². The molecule has 0 spiro atoms. The Hall–Kier alpha value is -1.69. The first-order valence-corrected chi connectivity index (χ1v) is 8.39. The zero-order valence-electron chi connectivity index (χ0n) is 12.3. The number of hydrogen-bond donors (Lipinski definition) is 0. The summed E-state index contributed by atoms with van der Waals surface area (Å²) in [6, 6.07) is 5.74. The second-order valence-electron chi connectivity index (χ2n) is 4.73. The van der Waals surface area contributed by atoms with Crippen LogP contribution in [0.3, 0.4) is 0 Å². The van der Waals surface area contributed by atoms with Crippen molar-refractivity contribution in [3.05, 3.63) is 48.3 Å². The van der Waals surface area contributed by atoms with E-state index in [0.29, 0.717) is 0 Å². The molecule has 116 valence electrons. The number of sulfone groups is 1. The summed E-state index contributed by atoms with van der Waals surface area (Å²) in [7, 11) is -3.45. The Kier molecular flexibility index (Phi) is 6.08. The van der Waals surface area contributed by atoms with Gasteiger partial charge >= 0.3 is 0 Å². The molecule has 4 nitrogen and oxygen atoms in total. The highest BCUT2D eigenvalue weighted by Crippen LogP contribution is 2.12. The number of benzene rings is 1. The molecule has 0 saturated carbocycles. The van der Waals surface area contributed by atoms with Crippen molar-refractivity contribution in [2.24, 2.45) is 0 Å². The molecule has 1 unspecified atom stereocenters. The van der Waals surface area contributed by atoms with E-state index in [1.807, 2.05) is 0 Å². The molecule has 0 radical (unpaired) electrons. The minimum absolute atomic E-state index is 0.0849. The molecule has 1 atom stereocenters. The van der Waals surface area contributed by atoms with Gasteiger partial charge in [0.15, 0.2) is 9.84 Å². The molecule has 0 N–H and O–H groups in total. The Labute approximate surface area is 125 Å². The Bertz CT molecular complexity index is 596. The lowest BCUT2D eigenvalue weighted by Gasteiger charge is -2.24. The second-order valence-corrected chi connectivity index (χ2v) is 7.34. The van der Waals surface area contributed by atoms with Crippen molar-refractivity contribution in [1.29, 1.82) is 0 Å². The second kappa shape index (κ2) is 7.36. The van der Waals surface area contributed by atoms with Gasteiger partial charge in [0.2, 0.25) is 5.91 Å². The number of rotatable bonds is 7. The molecule has 0 bridgehead atoms. The predicted octanol–water partition coefficient (Wildman–Crippen LogP) is 2.16. The number of halogens is 1. The van der Waals surface area contributed by atoms with Crippen LogP contribution in [0.4, 0.5) is 4.39 Å². The molecule has 0 aromatic heterocycles. The lowest BCUT2D eigenvalue weighted by molar-refractivity contribution is -0.130. The third-order valence-electron chi connectivity index (χ3n) is 3.24. The lowest BCUT2D eigenvalue weighted by Crippen LogP contribution is -2.41. The van der Waals surface area contributed by atoms with Crippen LogP contribution in [0.25, 0.3) is 0 Å². The van der Waals surface area contributed by atoms with E-state index >= 15 is 0 Å². The third kappa shape index (κ3) is 4.67. The SMILES string of the molecule is C=CCN(Cc1ccc(F)cc1)C(=O)C(C)S(=O)(=O)CC.